The molecular formula is C27H31N3O4S. The molecule has 3 aliphatic rings. The highest BCUT2D eigenvalue weighted by Crippen LogP contribution is 2.44. The van der Waals surface area contributed by atoms with E-state index in [2.05, 4.69) is 9.71 Å². The van der Waals surface area contributed by atoms with Crippen LogP contribution < -0.4 is 11.1 Å². The number of hydrogen-bond acceptors (Lipinski definition) is 6. The summed E-state index contributed by atoms with van der Waals surface area (Å²) in [4.78, 5) is 14.0. The van der Waals surface area contributed by atoms with Crippen molar-refractivity contribution in [1.29, 1.82) is 0 Å². The van der Waals surface area contributed by atoms with E-state index >= 15 is 0 Å². The number of nitrogens with two attached hydrogens (primary N) is 1. The molecular weight excluding hydrogens is 462 g/mol. The zero-order valence-electron chi connectivity index (χ0n) is 19.9. The average Bonchev–Trinajstić information content (AvgIpc) is 2.84. The number of nitrogen functional groups attached to an aromatic ring is 1. The van der Waals surface area contributed by atoms with Gasteiger partial charge in [0.25, 0.3) is 10.0 Å². The number of carbonyl (C=O) groups is 1. The van der Waals surface area contributed by atoms with Gasteiger partial charge in [-0.3, -0.25) is 4.79 Å². The highest BCUT2D eigenvalue weighted by molar-refractivity contribution is 7.90. The molecule has 1 saturated carbocycles. The van der Waals surface area contributed by atoms with E-state index in [9.17, 15) is 18.3 Å². The van der Waals surface area contributed by atoms with E-state index in [1.165, 1.54) is 38.2 Å². The van der Waals surface area contributed by atoms with Crippen LogP contribution in [0, 0.1) is 5.92 Å². The molecule has 4 N–H and O–H groups in total. The van der Waals surface area contributed by atoms with Crippen molar-refractivity contribution >= 4 is 38.8 Å². The molecule has 7 nitrogen and oxygen atoms in total. The molecule has 184 valence electrons. The number of ketones is 1. The van der Waals surface area contributed by atoms with Crippen LogP contribution in [-0.2, 0) is 20.2 Å². The number of rotatable bonds is 5. The Hall–Kier alpha value is -3.13. The van der Waals surface area contributed by atoms with Crippen molar-refractivity contribution in [3.8, 4) is 0 Å². The van der Waals surface area contributed by atoms with Crippen LogP contribution >= 0.6 is 0 Å². The van der Waals surface area contributed by atoms with Gasteiger partial charge >= 0.3 is 0 Å². The van der Waals surface area contributed by atoms with Crippen molar-refractivity contribution in [3.63, 3.8) is 0 Å². The molecule has 35 heavy (non-hydrogen) atoms. The summed E-state index contributed by atoms with van der Waals surface area (Å²) in [7, 11) is -4.11. The zero-order chi connectivity index (χ0) is 24.8. The molecule has 1 heterocycles. The standard InChI is InChI=1S/C27H31N3O4S/c1-27(15-7-10-17-8-3-2-4-9-17)20-12-6-5-11-19(20)24(31)23(25(27)32)26-29-21-14-13-18(28)16-22(21)35(33,34)30-26/h5-6,11-14,16-17,31H,2-4,7-10,15,28H2,1H3,(H,29,30). The maximum atomic E-state index is 14.0. The van der Waals surface area contributed by atoms with Crippen LogP contribution in [0.1, 0.15) is 69.4 Å². The average molecular weight is 494 g/mol. The van der Waals surface area contributed by atoms with Gasteiger partial charge in [0.15, 0.2) is 11.6 Å². The first-order valence-corrected chi connectivity index (χ1v) is 13.7. The van der Waals surface area contributed by atoms with Crippen molar-refractivity contribution in [2.75, 3.05) is 11.1 Å². The molecule has 2 aromatic rings. The second kappa shape index (κ2) is 8.82. The second-order valence-corrected chi connectivity index (χ2v) is 11.7. The molecule has 2 aliphatic carbocycles. The van der Waals surface area contributed by atoms with Crippen LogP contribution in [-0.4, -0.2) is 25.1 Å². The third-order valence-corrected chi connectivity index (χ3v) is 9.06. The first kappa shape index (κ1) is 23.6. The number of benzene rings is 2. The van der Waals surface area contributed by atoms with Crippen molar-refractivity contribution in [1.82, 2.24) is 0 Å². The lowest BCUT2D eigenvalue weighted by Gasteiger charge is -2.36. The normalized spacial score (nSPS) is 23.8. The number of anilines is 2. The third-order valence-electron chi connectivity index (χ3n) is 7.74. The molecule has 0 radical (unpaired) electrons. The summed E-state index contributed by atoms with van der Waals surface area (Å²) < 4.78 is 29.8. The Morgan fingerprint density at radius 3 is 2.66 bits per heavy atom. The van der Waals surface area contributed by atoms with Crippen LogP contribution in [0.15, 0.2) is 57.3 Å². The van der Waals surface area contributed by atoms with Gasteiger partial charge in [-0.05, 0) is 43.0 Å². The van der Waals surface area contributed by atoms with Crippen molar-refractivity contribution < 1.29 is 18.3 Å². The van der Waals surface area contributed by atoms with Crippen LogP contribution in [0.4, 0.5) is 11.4 Å². The molecule has 0 bridgehead atoms. The molecule has 0 spiro atoms. The lowest BCUT2D eigenvalue weighted by molar-refractivity contribution is -0.120. The summed E-state index contributed by atoms with van der Waals surface area (Å²) in [6, 6.07) is 11.8. The number of aliphatic hydroxyl groups is 1. The number of nitrogens with zero attached hydrogens (tertiary/aromatic N) is 1. The van der Waals surface area contributed by atoms with Crippen LogP contribution in [0.25, 0.3) is 5.76 Å². The van der Waals surface area contributed by atoms with E-state index in [0.717, 1.165) is 18.4 Å². The molecule has 2 aromatic carbocycles. The molecule has 5 rings (SSSR count). The lowest BCUT2D eigenvalue weighted by atomic mass is 9.66. The Morgan fingerprint density at radius 1 is 1.14 bits per heavy atom. The topological polar surface area (TPSA) is 122 Å². The SMILES string of the molecule is CC1(CCCC2CCCCC2)C(=O)C(C2=NS(=O)(=O)c3cc(N)ccc3N2)=C(O)c2ccccc21. The van der Waals surface area contributed by atoms with Crippen LogP contribution in [0.5, 0.6) is 0 Å². The van der Waals surface area contributed by atoms with Crippen molar-refractivity contribution in [2.24, 2.45) is 10.3 Å². The number of amidine groups is 1. The van der Waals surface area contributed by atoms with Gasteiger partial charge < -0.3 is 16.2 Å². The van der Waals surface area contributed by atoms with E-state index in [-0.39, 0.29) is 33.5 Å². The molecule has 1 aliphatic heterocycles. The van der Waals surface area contributed by atoms with E-state index in [1.807, 2.05) is 19.1 Å². The fourth-order valence-electron chi connectivity index (χ4n) is 5.78. The van der Waals surface area contributed by atoms with E-state index in [1.54, 1.807) is 24.3 Å². The number of Topliss-reactive ketones (excluding diaryl/α,β-unsaturated/α-hetero) is 1. The van der Waals surface area contributed by atoms with E-state index < -0.39 is 15.4 Å². The summed E-state index contributed by atoms with van der Waals surface area (Å²) in [5.41, 5.74) is 6.65. The monoisotopic (exact) mass is 493 g/mol. The van der Waals surface area contributed by atoms with Gasteiger partial charge in [0.2, 0.25) is 0 Å². The second-order valence-electron chi connectivity index (χ2n) is 10.1. The largest absolute Gasteiger partial charge is 0.506 e. The van der Waals surface area contributed by atoms with Gasteiger partial charge in [0, 0.05) is 11.3 Å². The molecule has 1 fully saturated rings. The van der Waals surface area contributed by atoms with Gasteiger partial charge in [0.05, 0.1) is 11.1 Å². The number of carbonyl (C=O) groups excluding carboxylic acids is 1. The van der Waals surface area contributed by atoms with Gasteiger partial charge in [-0.2, -0.15) is 8.42 Å². The summed E-state index contributed by atoms with van der Waals surface area (Å²) in [5.74, 6) is -0.0330. The zero-order valence-corrected chi connectivity index (χ0v) is 20.7. The Balaban J connectivity index is 1.53. The number of aliphatic hydroxyl groups excluding tert-OH is 1. The minimum atomic E-state index is -4.11. The molecule has 1 atom stereocenters. The Labute approximate surface area is 206 Å². The Kier molecular flexibility index (Phi) is 5.95. The fourth-order valence-corrected chi connectivity index (χ4v) is 6.94. The molecule has 0 aromatic heterocycles. The van der Waals surface area contributed by atoms with Gasteiger partial charge in [0.1, 0.15) is 16.2 Å². The lowest BCUT2D eigenvalue weighted by Crippen LogP contribution is -2.42. The predicted molar refractivity (Wildman–Crippen MR) is 138 cm³/mol. The first-order valence-electron chi connectivity index (χ1n) is 12.3. The highest BCUT2D eigenvalue weighted by atomic mass is 32.2. The maximum absolute atomic E-state index is 14.0. The molecule has 0 saturated heterocycles. The highest BCUT2D eigenvalue weighted by Gasteiger charge is 2.46. The Bertz CT molecular complexity index is 1360. The van der Waals surface area contributed by atoms with Gasteiger partial charge in [-0.15, -0.1) is 4.40 Å². The quantitative estimate of drug-likeness (QED) is 0.483. The Morgan fingerprint density at radius 2 is 1.89 bits per heavy atom. The minimum absolute atomic E-state index is 0.0553. The van der Waals surface area contributed by atoms with Crippen LogP contribution in [0.3, 0.4) is 0 Å². The maximum Gasteiger partial charge on any atom is 0.286 e. The van der Waals surface area contributed by atoms with Crippen molar-refractivity contribution in [2.45, 2.75) is 68.6 Å². The molecule has 8 heteroatoms. The summed E-state index contributed by atoms with van der Waals surface area (Å²) in [6.07, 6.45) is 8.92. The van der Waals surface area contributed by atoms with Gasteiger partial charge in [-0.25, -0.2) is 0 Å². The molecule has 0 amide bonds. The number of nitrogens with one attached hydrogen (secondary N) is 1. The van der Waals surface area contributed by atoms with Crippen LogP contribution in [0.2, 0.25) is 0 Å². The minimum Gasteiger partial charge on any atom is -0.506 e. The smallest absolute Gasteiger partial charge is 0.286 e. The number of sulfonamides is 1. The summed E-state index contributed by atoms with van der Waals surface area (Å²) >= 11 is 0. The summed E-state index contributed by atoms with van der Waals surface area (Å²) in [6.45, 7) is 1.90. The first-order chi connectivity index (χ1) is 16.7. The number of hydrogen-bond donors (Lipinski definition) is 3. The van der Waals surface area contributed by atoms with Gasteiger partial charge in [-0.1, -0.05) is 69.2 Å². The fraction of sp³-hybridized carbons (Fsp3) is 0.407. The van der Waals surface area contributed by atoms with E-state index in [0.29, 0.717) is 23.6 Å². The summed E-state index contributed by atoms with van der Waals surface area (Å²) in [5, 5.41) is 14.2. The third kappa shape index (κ3) is 4.14. The van der Waals surface area contributed by atoms with E-state index in [4.69, 9.17) is 5.73 Å². The predicted octanol–water partition coefficient (Wildman–Crippen LogP) is 5.34. The number of fused-ring (bicyclic) bond motifs is 2. The molecule has 1 unspecified atom stereocenters. The van der Waals surface area contributed by atoms with Crippen molar-refractivity contribution in [3.05, 3.63) is 59.2 Å².